The molecular weight excluding hydrogens is 212 g/mol. The van der Waals surface area contributed by atoms with Crippen molar-refractivity contribution in [3.63, 3.8) is 0 Å². The third-order valence-electron chi connectivity index (χ3n) is 2.25. The standard InChI is InChI=1S/C8H8N6S/c9-7-4-2-15-3-6(4)11-8(12-7)5-1-10-14-13-5/h1H,2-3H2,(H2,9,11,12)(H,10,13,14). The minimum absolute atomic E-state index is 0.544. The van der Waals surface area contributed by atoms with Crippen molar-refractivity contribution in [2.45, 2.75) is 11.5 Å². The van der Waals surface area contributed by atoms with E-state index in [1.54, 1.807) is 18.0 Å². The second kappa shape index (κ2) is 3.20. The van der Waals surface area contributed by atoms with Gasteiger partial charge < -0.3 is 5.73 Å². The van der Waals surface area contributed by atoms with Crippen LogP contribution in [0.3, 0.4) is 0 Å². The first kappa shape index (κ1) is 8.66. The van der Waals surface area contributed by atoms with Crippen molar-refractivity contribution < 1.29 is 0 Å². The summed E-state index contributed by atoms with van der Waals surface area (Å²) in [6, 6.07) is 0. The molecule has 0 saturated heterocycles. The number of nitrogens with two attached hydrogens (primary N) is 1. The number of aromatic amines is 1. The van der Waals surface area contributed by atoms with Crippen LogP contribution in [0.2, 0.25) is 0 Å². The molecule has 0 spiro atoms. The van der Waals surface area contributed by atoms with E-state index in [0.717, 1.165) is 22.8 Å². The molecule has 0 radical (unpaired) electrons. The van der Waals surface area contributed by atoms with Gasteiger partial charge in [-0.2, -0.15) is 27.2 Å². The molecule has 3 heterocycles. The maximum absolute atomic E-state index is 5.86. The Morgan fingerprint density at radius 2 is 2.27 bits per heavy atom. The lowest BCUT2D eigenvalue weighted by molar-refractivity contribution is 0.936. The van der Waals surface area contributed by atoms with E-state index in [1.165, 1.54) is 0 Å². The number of H-pyrrole nitrogens is 1. The summed E-state index contributed by atoms with van der Waals surface area (Å²) in [5, 5.41) is 10.2. The fourth-order valence-corrected chi connectivity index (χ4v) is 2.55. The predicted molar refractivity (Wildman–Crippen MR) is 56.8 cm³/mol. The maximum atomic E-state index is 5.86. The number of hydrogen-bond donors (Lipinski definition) is 2. The van der Waals surface area contributed by atoms with E-state index in [2.05, 4.69) is 25.4 Å². The zero-order valence-corrected chi connectivity index (χ0v) is 8.58. The van der Waals surface area contributed by atoms with Crippen LogP contribution in [0.4, 0.5) is 5.82 Å². The molecule has 0 saturated carbocycles. The van der Waals surface area contributed by atoms with Gasteiger partial charge in [-0.3, -0.25) is 0 Å². The Morgan fingerprint density at radius 1 is 1.33 bits per heavy atom. The van der Waals surface area contributed by atoms with Crippen LogP contribution in [-0.2, 0) is 11.5 Å². The minimum atomic E-state index is 0.544. The molecule has 0 atom stereocenters. The van der Waals surface area contributed by atoms with E-state index in [9.17, 15) is 0 Å². The number of aromatic nitrogens is 5. The highest BCUT2D eigenvalue weighted by atomic mass is 32.2. The summed E-state index contributed by atoms with van der Waals surface area (Å²) in [7, 11) is 0. The molecule has 15 heavy (non-hydrogen) atoms. The van der Waals surface area contributed by atoms with Gasteiger partial charge in [0.1, 0.15) is 11.5 Å². The molecule has 3 rings (SSSR count). The minimum Gasteiger partial charge on any atom is -0.383 e. The third-order valence-corrected chi connectivity index (χ3v) is 3.22. The normalized spacial score (nSPS) is 14.1. The Labute approximate surface area is 89.7 Å². The summed E-state index contributed by atoms with van der Waals surface area (Å²) >= 11 is 1.80. The summed E-state index contributed by atoms with van der Waals surface area (Å²) in [6.07, 6.45) is 1.59. The van der Waals surface area contributed by atoms with Crippen molar-refractivity contribution in [3.05, 3.63) is 17.5 Å². The molecule has 76 valence electrons. The van der Waals surface area contributed by atoms with Gasteiger partial charge in [-0.1, -0.05) is 0 Å². The van der Waals surface area contributed by atoms with Gasteiger partial charge in [-0.25, -0.2) is 9.97 Å². The lowest BCUT2D eigenvalue weighted by atomic mass is 10.2. The van der Waals surface area contributed by atoms with Gasteiger partial charge in [-0.15, -0.1) is 0 Å². The van der Waals surface area contributed by atoms with E-state index in [1.807, 2.05) is 0 Å². The van der Waals surface area contributed by atoms with Crippen LogP contribution in [0, 0.1) is 0 Å². The van der Waals surface area contributed by atoms with E-state index < -0.39 is 0 Å². The number of nitrogens with zero attached hydrogens (tertiary/aromatic N) is 4. The Morgan fingerprint density at radius 3 is 3.07 bits per heavy atom. The van der Waals surface area contributed by atoms with Crippen molar-refractivity contribution in [1.29, 1.82) is 0 Å². The lowest BCUT2D eigenvalue weighted by Gasteiger charge is -2.03. The molecular formula is C8H8N6S. The molecule has 0 amide bonds. The van der Waals surface area contributed by atoms with E-state index >= 15 is 0 Å². The number of rotatable bonds is 1. The van der Waals surface area contributed by atoms with E-state index in [-0.39, 0.29) is 0 Å². The van der Waals surface area contributed by atoms with Gasteiger partial charge in [0.25, 0.3) is 0 Å². The van der Waals surface area contributed by atoms with Crippen molar-refractivity contribution in [1.82, 2.24) is 25.4 Å². The topological polar surface area (TPSA) is 93.4 Å². The third kappa shape index (κ3) is 1.35. The molecule has 0 aromatic carbocycles. The smallest absolute Gasteiger partial charge is 0.184 e. The Kier molecular flexibility index (Phi) is 1.84. The fourth-order valence-electron chi connectivity index (χ4n) is 1.50. The molecule has 1 aliphatic heterocycles. The molecule has 0 fully saturated rings. The summed E-state index contributed by atoms with van der Waals surface area (Å²) < 4.78 is 0. The zero-order chi connectivity index (χ0) is 10.3. The van der Waals surface area contributed by atoms with Crippen molar-refractivity contribution >= 4 is 17.6 Å². The summed E-state index contributed by atoms with van der Waals surface area (Å²) in [5.74, 6) is 2.90. The van der Waals surface area contributed by atoms with Crippen LogP contribution in [0.25, 0.3) is 11.5 Å². The van der Waals surface area contributed by atoms with Gasteiger partial charge in [0.05, 0.1) is 11.9 Å². The average molecular weight is 220 g/mol. The van der Waals surface area contributed by atoms with Crippen molar-refractivity contribution in [2.24, 2.45) is 0 Å². The van der Waals surface area contributed by atoms with Crippen LogP contribution in [-0.4, -0.2) is 25.4 Å². The van der Waals surface area contributed by atoms with Gasteiger partial charge in [0.2, 0.25) is 0 Å². The monoisotopic (exact) mass is 220 g/mol. The first-order valence-corrected chi connectivity index (χ1v) is 5.59. The van der Waals surface area contributed by atoms with Crippen LogP contribution in [0.15, 0.2) is 6.20 Å². The zero-order valence-electron chi connectivity index (χ0n) is 7.77. The average Bonchev–Trinajstić information content (AvgIpc) is 2.88. The Hall–Kier alpha value is -1.63. The van der Waals surface area contributed by atoms with E-state index in [4.69, 9.17) is 5.73 Å². The number of nitrogens with one attached hydrogen (secondary N) is 1. The second-order valence-corrected chi connectivity index (χ2v) is 4.19. The molecule has 0 unspecified atom stereocenters. The quantitative estimate of drug-likeness (QED) is 0.730. The second-order valence-electron chi connectivity index (χ2n) is 3.21. The lowest BCUT2D eigenvalue weighted by Crippen LogP contribution is -2.02. The van der Waals surface area contributed by atoms with Crippen LogP contribution in [0.1, 0.15) is 11.3 Å². The highest BCUT2D eigenvalue weighted by molar-refractivity contribution is 7.98. The number of nitrogen functional groups attached to an aromatic ring is 1. The number of anilines is 1. The van der Waals surface area contributed by atoms with Crippen LogP contribution in [0.5, 0.6) is 0 Å². The molecule has 7 heteroatoms. The van der Waals surface area contributed by atoms with Gasteiger partial charge >= 0.3 is 0 Å². The van der Waals surface area contributed by atoms with Gasteiger partial charge in [-0.05, 0) is 0 Å². The molecule has 2 aromatic heterocycles. The van der Waals surface area contributed by atoms with E-state index in [0.29, 0.717) is 17.3 Å². The Balaban J connectivity index is 2.15. The largest absolute Gasteiger partial charge is 0.383 e. The summed E-state index contributed by atoms with van der Waals surface area (Å²) in [5.41, 5.74) is 8.56. The van der Waals surface area contributed by atoms with Gasteiger partial charge in [0.15, 0.2) is 5.82 Å². The Bertz CT molecular complexity index is 494. The van der Waals surface area contributed by atoms with Crippen LogP contribution >= 0.6 is 11.8 Å². The highest BCUT2D eigenvalue weighted by Crippen LogP contribution is 2.32. The number of thioether (sulfide) groups is 1. The maximum Gasteiger partial charge on any atom is 0.184 e. The SMILES string of the molecule is Nc1nc(-c2cn[nH]n2)nc2c1CSC2. The first-order chi connectivity index (χ1) is 7.34. The van der Waals surface area contributed by atoms with Crippen LogP contribution < -0.4 is 5.73 Å². The molecule has 2 aromatic rings. The highest BCUT2D eigenvalue weighted by Gasteiger charge is 2.19. The molecule has 0 aliphatic carbocycles. The molecule has 0 bridgehead atoms. The molecule has 6 nitrogen and oxygen atoms in total. The predicted octanol–water partition coefficient (Wildman–Crippen LogP) is 0.591. The van der Waals surface area contributed by atoms with Gasteiger partial charge in [0, 0.05) is 17.1 Å². The van der Waals surface area contributed by atoms with Crippen molar-refractivity contribution in [2.75, 3.05) is 5.73 Å². The summed E-state index contributed by atoms with van der Waals surface area (Å²) in [4.78, 5) is 8.64. The number of fused-ring (bicyclic) bond motifs is 1. The summed E-state index contributed by atoms with van der Waals surface area (Å²) in [6.45, 7) is 0. The number of hydrogen-bond acceptors (Lipinski definition) is 6. The fraction of sp³-hybridized carbons (Fsp3) is 0.250. The molecule has 1 aliphatic rings. The molecule has 3 N–H and O–H groups in total. The first-order valence-electron chi connectivity index (χ1n) is 4.44. The van der Waals surface area contributed by atoms with Crippen molar-refractivity contribution in [3.8, 4) is 11.5 Å².